The maximum absolute atomic E-state index is 11.6. The summed E-state index contributed by atoms with van der Waals surface area (Å²) in [7, 11) is 1.79. The van der Waals surface area contributed by atoms with Crippen LogP contribution in [0.15, 0.2) is 45.0 Å². The van der Waals surface area contributed by atoms with E-state index < -0.39 is 0 Å². The summed E-state index contributed by atoms with van der Waals surface area (Å²) in [5.41, 5.74) is 4.24. The average molecular weight is 441 g/mol. The summed E-state index contributed by atoms with van der Waals surface area (Å²) < 4.78 is 0. The van der Waals surface area contributed by atoms with E-state index in [0.717, 1.165) is 36.2 Å². The number of thiophene rings is 1. The Kier molecular flexibility index (Phi) is 9.44. The zero-order chi connectivity index (χ0) is 22.9. The predicted octanol–water partition coefficient (Wildman–Crippen LogP) is 5.68. The maximum Gasteiger partial charge on any atom is 0.217 e. The van der Waals surface area contributed by atoms with Gasteiger partial charge in [-0.3, -0.25) is 9.79 Å². The molecule has 0 aromatic carbocycles. The van der Waals surface area contributed by atoms with Gasteiger partial charge in [0.15, 0.2) is 0 Å². The van der Waals surface area contributed by atoms with Crippen molar-refractivity contribution in [2.75, 3.05) is 7.05 Å². The number of nitrogens with one attached hydrogen (secondary N) is 2. The number of hydrogen-bond acceptors (Lipinski definition) is 4. The molecule has 0 bridgehead atoms. The van der Waals surface area contributed by atoms with Crippen LogP contribution in [-0.2, 0) is 11.2 Å². The average Bonchev–Trinajstić information content (AvgIpc) is 3.37. The SMILES string of the molecule is CC=CCC(CC(C)(C)N=Cc1cc(-c2ccsc2)[nH]c1CC=NC)C(C)NC(C)=O. The van der Waals surface area contributed by atoms with Crippen LogP contribution in [0, 0.1) is 5.92 Å². The van der Waals surface area contributed by atoms with Crippen LogP contribution in [0.5, 0.6) is 0 Å². The number of amides is 1. The third-order valence-electron chi connectivity index (χ3n) is 5.37. The second-order valence-corrected chi connectivity index (χ2v) is 9.38. The lowest BCUT2D eigenvalue weighted by atomic mass is 9.84. The first-order valence-electron chi connectivity index (χ1n) is 10.8. The molecule has 0 spiro atoms. The molecule has 5 nitrogen and oxygen atoms in total. The fraction of sp³-hybridized carbons (Fsp3) is 0.480. The van der Waals surface area contributed by atoms with E-state index in [0.29, 0.717) is 5.92 Å². The van der Waals surface area contributed by atoms with E-state index in [1.165, 1.54) is 5.56 Å². The molecule has 2 unspecified atom stereocenters. The molecule has 0 aliphatic rings. The molecule has 2 aromatic heterocycles. The molecule has 2 atom stereocenters. The van der Waals surface area contributed by atoms with Crippen LogP contribution in [-0.4, -0.2) is 41.9 Å². The van der Waals surface area contributed by atoms with E-state index in [9.17, 15) is 4.79 Å². The van der Waals surface area contributed by atoms with Crippen LogP contribution in [0.4, 0.5) is 0 Å². The van der Waals surface area contributed by atoms with Gasteiger partial charge in [-0.2, -0.15) is 11.3 Å². The Morgan fingerprint density at radius 2 is 2.16 bits per heavy atom. The molecule has 0 aliphatic heterocycles. The van der Waals surface area contributed by atoms with Crippen molar-refractivity contribution >= 4 is 29.7 Å². The van der Waals surface area contributed by atoms with Crippen molar-refractivity contribution in [1.82, 2.24) is 10.3 Å². The highest BCUT2D eigenvalue weighted by atomic mass is 32.1. The van der Waals surface area contributed by atoms with Gasteiger partial charge in [-0.1, -0.05) is 12.2 Å². The van der Waals surface area contributed by atoms with E-state index >= 15 is 0 Å². The molecule has 0 aliphatic carbocycles. The Balaban J connectivity index is 2.23. The number of rotatable bonds is 11. The standard InChI is InChI=1S/C25H36N4OS/c1-7-8-9-20(18(2)28-19(3)30)15-25(4,5)27-16-22-14-24(21-11-13-31-17-21)29-23(22)10-12-26-6/h7-8,11-14,16-18,20,29H,9-10,15H2,1-6H3,(H,28,30). The van der Waals surface area contributed by atoms with Gasteiger partial charge in [0.05, 0.1) is 5.54 Å². The molecule has 0 radical (unpaired) electrons. The summed E-state index contributed by atoms with van der Waals surface area (Å²) >= 11 is 1.69. The number of H-pyrrole nitrogens is 1. The van der Waals surface area contributed by atoms with Crippen molar-refractivity contribution in [1.29, 1.82) is 0 Å². The third kappa shape index (κ3) is 7.94. The van der Waals surface area contributed by atoms with Crippen molar-refractivity contribution in [2.45, 2.75) is 65.5 Å². The van der Waals surface area contributed by atoms with Gasteiger partial charge in [0.1, 0.15) is 0 Å². The molecule has 31 heavy (non-hydrogen) atoms. The number of aromatic amines is 1. The number of carbonyl (C=O) groups is 1. The third-order valence-corrected chi connectivity index (χ3v) is 6.05. The summed E-state index contributed by atoms with van der Waals surface area (Å²) in [6.45, 7) is 10.0. The fourth-order valence-electron chi connectivity index (χ4n) is 3.71. The van der Waals surface area contributed by atoms with Crippen molar-refractivity contribution in [3.8, 4) is 11.3 Å². The normalized spacial score (nSPS) is 14.6. The Labute approximate surface area is 190 Å². The highest BCUT2D eigenvalue weighted by Gasteiger charge is 2.26. The van der Waals surface area contributed by atoms with Crippen LogP contribution >= 0.6 is 11.3 Å². The number of aromatic nitrogens is 1. The summed E-state index contributed by atoms with van der Waals surface area (Å²) in [6, 6.07) is 4.38. The minimum absolute atomic E-state index is 0.00907. The quantitative estimate of drug-likeness (QED) is 0.342. The van der Waals surface area contributed by atoms with Gasteiger partial charge in [0.2, 0.25) is 5.91 Å². The smallest absolute Gasteiger partial charge is 0.217 e. The number of carbonyl (C=O) groups excluding carboxylic acids is 1. The number of nitrogens with zero attached hydrogens (tertiary/aromatic N) is 2. The first-order valence-corrected chi connectivity index (χ1v) is 11.8. The molecule has 2 heterocycles. The van der Waals surface area contributed by atoms with Crippen molar-refractivity contribution in [2.24, 2.45) is 15.9 Å². The van der Waals surface area contributed by atoms with Gasteiger partial charge in [-0.05, 0) is 64.0 Å². The Bertz CT molecular complexity index is 906. The minimum Gasteiger partial charge on any atom is -0.358 e. The van der Waals surface area contributed by atoms with E-state index in [1.54, 1.807) is 25.3 Å². The van der Waals surface area contributed by atoms with Crippen LogP contribution in [0.1, 0.15) is 58.7 Å². The molecule has 168 valence electrons. The van der Waals surface area contributed by atoms with Gasteiger partial charge >= 0.3 is 0 Å². The van der Waals surface area contributed by atoms with Gasteiger partial charge in [-0.25, -0.2) is 0 Å². The Morgan fingerprint density at radius 3 is 2.77 bits per heavy atom. The molecule has 1 amide bonds. The van der Waals surface area contributed by atoms with E-state index in [4.69, 9.17) is 4.99 Å². The highest BCUT2D eigenvalue weighted by Crippen LogP contribution is 2.27. The zero-order valence-corrected chi connectivity index (χ0v) is 20.4. The molecular formula is C25H36N4OS. The minimum atomic E-state index is -0.255. The van der Waals surface area contributed by atoms with Crippen molar-refractivity contribution in [3.63, 3.8) is 0 Å². The second kappa shape index (κ2) is 11.8. The van der Waals surface area contributed by atoms with Crippen LogP contribution in [0.2, 0.25) is 0 Å². The second-order valence-electron chi connectivity index (χ2n) is 8.60. The zero-order valence-electron chi connectivity index (χ0n) is 19.6. The van der Waals surface area contributed by atoms with E-state index in [1.807, 2.05) is 19.4 Å². The molecule has 0 saturated carbocycles. The molecule has 0 fully saturated rings. The molecular weight excluding hydrogens is 404 g/mol. The fourth-order valence-corrected chi connectivity index (χ4v) is 4.36. The highest BCUT2D eigenvalue weighted by molar-refractivity contribution is 7.08. The molecule has 6 heteroatoms. The van der Waals surface area contributed by atoms with Gasteiger partial charge in [0, 0.05) is 66.8 Å². The van der Waals surface area contributed by atoms with Crippen LogP contribution in [0.3, 0.4) is 0 Å². The summed E-state index contributed by atoms with van der Waals surface area (Å²) in [5.74, 6) is 0.321. The number of allylic oxidation sites excluding steroid dienone is 2. The summed E-state index contributed by atoms with van der Waals surface area (Å²) in [4.78, 5) is 24.2. The first kappa shape index (κ1) is 24.8. The molecule has 0 saturated heterocycles. The monoisotopic (exact) mass is 440 g/mol. The lowest BCUT2D eigenvalue weighted by Gasteiger charge is -2.30. The first-order chi connectivity index (χ1) is 14.8. The Morgan fingerprint density at radius 1 is 1.39 bits per heavy atom. The Hall–Kier alpha value is -2.47. The largest absolute Gasteiger partial charge is 0.358 e. The van der Waals surface area contributed by atoms with Crippen molar-refractivity contribution < 1.29 is 4.79 Å². The molecule has 2 rings (SSSR count). The number of hydrogen-bond donors (Lipinski definition) is 2. The lowest BCUT2D eigenvalue weighted by molar-refractivity contribution is -0.119. The molecule has 2 N–H and O–H groups in total. The van der Waals surface area contributed by atoms with Crippen molar-refractivity contribution in [3.05, 3.63) is 46.3 Å². The van der Waals surface area contributed by atoms with Gasteiger partial charge in [0.25, 0.3) is 0 Å². The summed E-state index contributed by atoms with van der Waals surface area (Å²) in [6.07, 6.45) is 10.7. The topological polar surface area (TPSA) is 69.6 Å². The van der Waals surface area contributed by atoms with E-state index in [-0.39, 0.29) is 17.5 Å². The number of aliphatic imine (C=N–C) groups is 2. The van der Waals surface area contributed by atoms with Gasteiger partial charge in [-0.15, -0.1) is 0 Å². The van der Waals surface area contributed by atoms with Crippen LogP contribution in [0.25, 0.3) is 11.3 Å². The predicted molar refractivity (Wildman–Crippen MR) is 135 cm³/mol. The van der Waals surface area contributed by atoms with E-state index in [2.05, 4.69) is 71.1 Å². The van der Waals surface area contributed by atoms with Crippen LogP contribution < -0.4 is 5.32 Å². The molecule has 2 aromatic rings. The van der Waals surface area contributed by atoms with Gasteiger partial charge < -0.3 is 15.3 Å². The lowest BCUT2D eigenvalue weighted by Crippen LogP contribution is -2.39. The summed E-state index contributed by atoms with van der Waals surface area (Å²) in [5, 5.41) is 7.28. The maximum atomic E-state index is 11.6.